The Balaban J connectivity index is 2.40. The quantitative estimate of drug-likeness (QED) is 0.523. The molecule has 0 aromatic heterocycles. The fourth-order valence-electron chi connectivity index (χ4n) is 1.93. The molecule has 1 aromatic rings. The fraction of sp³-hybridized carbons (Fsp3) is 0.533. The van der Waals surface area contributed by atoms with Gasteiger partial charge in [0.25, 0.3) is 5.91 Å². The van der Waals surface area contributed by atoms with Crippen molar-refractivity contribution in [1.29, 1.82) is 0 Å². The fourth-order valence-corrected chi connectivity index (χ4v) is 1.93. The van der Waals surface area contributed by atoms with Crippen LogP contribution >= 0.6 is 0 Å². The topological polar surface area (TPSA) is 67.2 Å². The van der Waals surface area contributed by atoms with Crippen LogP contribution in [0, 0.1) is 5.92 Å². The second-order valence-electron chi connectivity index (χ2n) is 5.42. The monoisotopic (exact) mass is 263 g/mol. The van der Waals surface area contributed by atoms with Gasteiger partial charge < -0.3 is 10.7 Å². The van der Waals surface area contributed by atoms with Gasteiger partial charge in [-0.1, -0.05) is 26.7 Å². The van der Waals surface area contributed by atoms with Crippen molar-refractivity contribution in [2.75, 3.05) is 5.43 Å². The number of hydrazine groups is 1. The van der Waals surface area contributed by atoms with Gasteiger partial charge in [0.2, 0.25) is 0 Å². The van der Waals surface area contributed by atoms with Crippen molar-refractivity contribution < 1.29 is 4.79 Å². The van der Waals surface area contributed by atoms with Crippen LogP contribution in [0.1, 0.15) is 50.4 Å². The first-order chi connectivity index (χ1) is 9.02. The maximum absolute atomic E-state index is 12.0. The van der Waals surface area contributed by atoms with Gasteiger partial charge in [-0.25, -0.2) is 0 Å². The highest BCUT2D eigenvalue weighted by molar-refractivity contribution is 5.94. The predicted octanol–water partition coefficient (Wildman–Crippen LogP) is 2.92. The zero-order valence-corrected chi connectivity index (χ0v) is 12.1. The van der Waals surface area contributed by atoms with Gasteiger partial charge >= 0.3 is 0 Å². The van der Waals surface area contributed by atoms with E-state index in [1.165, 1.54) is 6.42 Å². The van der Waals surface area contributed by atoms with Gasteiger partial charge in [0.15, 0.2) is 0 Å². The van der Waals surface area contributed by atoms with E-state index in [4.69, 9.17) is 5.84 Å². The first-order valence-electron chi connectivity index (χ1n) is 6.90. The lowest BCUT2D eigenvalue weighted by molar-refractivity contribution is 0.0938. The van der Waals surface area contributed by atoms with Crippen molar-refractivity contribution in [3.8, 4) is 0 Å². The largest absolute Gasteiger partial charge is 0.350 e. The minimum atomic E-state index is -0.0272. The molecule has 4 heteroatoms. The standard InChI is InChI=1S/C15H25N3O/c1-11(2)5-4-6-12(3)17-15(19)13-7-9-14(18-16)10-8-13/h7-12,18H,4-6,16H2,1-3H3,(H,17,19). The predicted molar refractivity (Wildman–Crippen MR) is 79.9 cm³/mol. The molecule has 106 valence electrons. The lowest BCUT2D eigenvalue weighted by Gasteiger charge is -2.14. The van der Waals surface area contributed by atoms with Crippen LogP contribution in [0.5, 0.6) is 0 Å². The molecule has 0 bridgehead atoms. The average Bonchev–Trinajstić information content (AvgIpc) is 2.38. The van der Waals surface area contributed by atoms with E-state index in [2.05, 4.69) is 24.6 Å². The molecule has 0 saturated carbocycles. The van der Waals surface area contributed by atoms with Gasteiger partial charge in [0, 0.05) is 17.3 Å². The second kappa shape index (κ2) is 7.79. The molecule has 0 saturated heterocycles. The van der Waals surface area contributed by atoms with E-state index in [0.29, 0.717) is 5.56 Å². The van der Waals surface area contributed by atoms with Gasteiger partial charge in [0.1, 0.15) is 0 Å². The number of nitrogens with one attached hydrogen (secondary N) is 2. The number of rotatable bonds is 7. The molecule has 0 spiro atoms. The summed E-state index contributed by atoms with van der Waals surface area (Å²) in [6.45, 7) is 6.49. The number of benzene rings is 1. The number of hydrogen-bond acceptors (Lipinski definition) is 3. The van der Waals surface area contributed by atoms with Crippen LogP contribution in [0.15, 0.2) is 24.3 Å². The molecular formula is C15H25N3O. The summed E-state index contributed by atoms with van der Waals surface area (Å²) in [6, 6.07) is 7.33. The number of nitrogens with two attached hydrogens (primary N) is 1. The molecule has 1 unspecified atom stereocenters. The van der Waals surface area contributed by atoms with Gasteiger partial charge in [-0.05, 0) is 43.5 Å². The highest BCUT2D eigenvalue weighted by Gasteiger charge is 2.09. The first-order valence-corrected chi connectivity index (χ1v) is 6.90. The Morgan fingerprint density at radius 2 is 1.79 bits per heavy atom. The van der Waals surface area contributed by atoms with Crippen molar-refractivity contribution in [2.24, 2.45) is 11.8 Å². The molecule has 19 heavy (non-hydrogen) atoms. The van der Waals surface area contributed by atoms with E-state index in [1.54, 1.807) is 24.3 Å². The third-order valence-corrected chi connectivity index (χ3v) is 3.11. The van der Waals surface area contributed by atoms with E-state index in [9.17, 15) is 4.79 Å². The second-order valence-corrected chi connectivity index (χ2v) is 5.42. The molecule has 1 aromatic carbocycles. The number of carbonyl (C=O) groups excluding carboxylic acids is 1. The molecule has 4 N–H and O–H groups in total. The lowest BCUT2D eigenvalue weighted by Crippen LogP contribution is -2.32. The molecule has 0 aliphatic carbocycles. The summed E-state index contributed by atoms with van der Waals surface area (Å²) in [6.07, 6.45) is 3.37. The highest BCUT2D eigenvalue weighted by atomic mass is 16.1. The van der Waals surface area contributed by atoms with Crippen molar-refractivity contribution in [3.05, 3.63) is 29.8 Å². The summed E-state index contributed by atoms with van der Waals surface area (Å²) < 4.78 is 0. The summed E-state index contributed by atoms with van der Waals surface area (Å²) in [7, 11) is 0. The van der Waals surface area contributed by atoms with Crippen LogP contribution < -0.4 is 16.6 Å². The van der Waals surface area contributed by atoms with Crippen LogP contribution in [0.4, 0.5) is 5.69 Å². The molecule has 4 nitrogen and oxygen atoms in total. The number of carbonyl (C=O) groups is 1. The number of amides is 1. The average molecular weight is 263 g/mol. The molecule has 0 heterocycles. The van der Waals surface area contributed by atoms with Crippen molar-refractivity contribution in [3.63, 3.8) is 0 Å². The van der Waals surface area contributed by atoms with Crippen molar-refractivity contribution in [1.82, 2.24) is 5.32 Å². The van der Waals surface area contributed by atoms with Gasteiger partial charge in [-0.15, -0.1) is 0 Å². The molecule has 1 amide bonds. The molecule has 1 rings (SSSR count). The van der Waals surface area contributed by atoms with Crippen LogP contribution in [-0.2, 0) is 0 Å². The molecule has 0 aliphatic rings. The van der Waals surface area contributed by atoms with E-state index < -0.39 is 0 Å². The van der Waals surface area contributed by atoms with Gasteiger partial charge in [0.05, 0.1) is 0 Å². The maximum Gasteiger partial charge on any atom is 0.251 e. The SMILES string of the molecule is CC(C)CCCC(C)NC(=O)c1ccc(NN)cc1. The minimum Gasteiger partial charge on any atom is -0.350 e. The first kappa shape index (κ1) is 15.5. The highest BCUT2D eigenvalue weighted by Crippen LogP contribution is 2.10. The van der Waals surface area contributed by atoms with E-state index in [0.717, 1.165) is 24.4 Å². The van der Waals surface area contributed by atoms with E-state index >= 15 is 0 Å². The number of hydrogen-bond donors (Lipinski definition) is 3. The third kappa shape index (κ3) is 5.75. The van der Waals surface area contributed by atoms with Crippen LogP contribution in [0.2, 0.25) is 0 Å². The van der Waals surface area contributed by atoms with Crippen LogP contribution in [0.25, 0.3) is 0 Å². The Hall–Kier alpha value is -1.55. The van der Waals surface area contributed by atoms with E-state index in [-0.39, 0.29) is 11.9 Å². The summed E-state index contributed by atoms with van der Waals surface area (Å²) in [4.78, 5) is 12.0. The Morgan fingerprint density at radius 3 is 2.32 bits per heavy atom. The Kier molecular flexibility index (Phi) is 6.36. The smallest absolute Gasteiger partial charge is 0.251 e. The summed E-state index contributed by atoms with van der Waals surface area (Å²) in [5.74, 6) is 5.98. The Bertz CT molecular complexity index is 387. The van der Waals surface area contributed by atoms with Gasteiger partial charge in [-0.3, -0.25) is 10.6 Å². The van der Waals surface area contributed by atoms with E-state index in [1.807, 2.05) is 6.92 Å². The zero-order chi connectivity index (χ0) is 14.3. The maximum atomic E-state index is 12.0. The third-order valence-electron chi connectivity index (χ3n) is 3.11. The summed E-state index contributed by atoms with van der Waals surface area (Å²) in [5.41, 5.74) is 4.00. The zero-order valence-electron chi connectivity index (χ0n) is 12.1. The Morgan fingerprint density at radius 1 is 1.16 bits per heavy atom. The molecule has 0 fully saturated rings. The normalized spacial score (nSPS) is 12.3. The summed E-state index contributed by atoms with van der Waals surface area (Å²) in [5, 5.41) is 3.02. The van der Waals surface area contributed by atoms with Crippen molar-refractivity contribution >= 4 is 11.6 Å². The molecule has 0 radical (unpaired) electrons. The van der Waals surface area contributed by atoms with Crippen LogP contribution in [0.3, 0.4) is 0 Å². The number of nitrogen functional groups attached to an aromatic ring is 1. The minimum absolute atomic E-state index is 0.0272. The molecule has 0 aliphatic heterocycles. The Labute approximate surface area is 115 Å². The summed E-state index contributed by atoms with van der Waals surface area (Å²) >= 11 is 0. The van der Waals surface area contributed by atoms with Crippen LogP contribution in [-0.4, -0.2) is 11.9 Å². The van der Waals surface area contributed by atoms with Crippen molar-refractivity contribution in [2.45, 2.75) is 46.1 Å². The van der Waals surface area contributed by atoms with Gasteiger partial charge in [-0.2, -0.15) is 0 Å². The number of anilines is 1. The molecule has 1 atom stereocenters. The lowest BCUT2D eigenvalue weighted by atomic mass is 10.0. The molecular weight excluding hydrogens is 238 g/mol.